The van der Waals surface area contributed by atoms with Crippen molar-refractivity contribution in [3.63, 3.8) is 0 Å². The molecule has 0 aromatic heterocycles. The van der Waals surface area contributed by atoms with Crippen molar-refractivity contribution in [1.82, 2.24) is 0 Å². The number of carbonyl (C=O) groups is 2. The molecule has 0 aliphatic rings. The molecule has 2 aromatic rings. The first kappa shape index (κ1) is 23.8. The maximum atomic E-state index is 14.8. The molecule has 2 atom stereocenters. The number of hydrogen-bond acceptors (Lipinski definition) is 6. The molecule has 0 saturated heterocycles. The Morgan fingerprint density at radius 1 is 1.23 bits per heavy atom. The lowest BCUT2D eigenvalue weighted by Crippen LogP contribution is -2.24. The molecule has 2 aromatic carbocycles. The average Bonchev–Trinajstić information content (AvgIpc) is 2.64. The third kappa shape index (κ3) is 6.01. The smallest absolute Gasteiger partial charge is 0.338 e. The van der Waals surface area contributed by atoms with E-state index in [0.29, 0.717) is 5.56 Å². The molecule has 0 amide bonds. The van der Waals surface area contributed by atoms with Gasteiger partial charge in [-0.25, -0.2) is 9.18 Å². The number of nitrogens with zero attached hydrogens (tertiary/aromatic N) is 1. The Hall–Kier alpha value is -2.49. The number of rotatable bonds is 8. The molecular formula is C20H20ClFNO6S-. The number of esters is 2. The van der Waals surface area contributed by atoms with E-state index in [4.69, 9.17) is 21.1 Å². The third-order valence-electron chi connectivity index (χ3n) is 3.97. The summed E-state index contributed by atoms with van der Waals surface area (Å²) in [6, 6.07) is 7.82. The van der Waals surface area contributed by atoms with Gasteiger partial charge in [0.05, 0.1) is 34.8 Å². The second-order valence-electron chi connectivity index (χ2n) is 6.30. The Morgan fingerprint density at radius 3 is 2.50 bits per heavy atom. The Kier molecular flexibility index (Phi) is 8.33. The quantitative estimate of drug-likeness (QED) is 0.438. The van der Waals surface area contributed by atoms with Gasteiger partial charge < -0.3 is 14.0 Å². The van der Waals surface area contributed by atoms with Gasteiger partial charge in [0.25, 0.3) is 0 Å². The fourth-order valence-electron chi connectivity index (χ4n) is 2.84. The van der Waals surface area contributed by atoms with Crippen molar-refractivity contribution in [3.8, 4) is 0 Å². The van der Waals surface area contributed by atoms with Crippen molar-refractivity contribution in [1.29, 1.82) is 0 Å². The van der Waals surface area contributed by atoms with Crippen LogP contribution in [-0.2, 0) is 32.0 Å². The molecular weight excluding hydrogens is 437 g/mol. The van der Waals surface area contributed by atoms with Crippen LogP contribution in [0.5, 0.6) is 0 Å². The largest absolute Gasteiger partial charge is 0.755 e. The molecule has 0 aliphatic heterocycles. The molecule has 30 heavy (non-hydrogen) atoms. The topological polar surface area (TPSA) is 96.0 Å². The van der Waals surface area contributed by atoms with E-state index in [1.165, 1.54) is 19.1 Å². The fourth-order valence-corrected chi connectivity index (χ4v) is 3.64. The molecule has 2 unspecified atom stereocenters. The van der Waals surface area contributed by atoms with Crippen LogP contribution in [0.25, 0.3) is 0 Å². The molecule has 162 valence electrons. The molecule has 0 radical (unpaired) electrons. The minimum atomic E-state index is -2.92. The normalized spacial score (nSPS) is 12.7. The number of halogens is 2. The first-order chi connectivity index (χ1) is 14.1. The van der Waals surface area contributed by atoms with Crippen LogP contribution in [0, 0.1) is 5.82 Å². The molecule has 0 bridgehead atoms. The van der Waals surface area contributed by atoms with Crippen LogP contribution < -0.4 is 4.31 Å². The molecule has 2 rings (SSSR count). The summed E-state index contributed by atoms with van der Waals surface area (Å²) >= 11 is 3.13. The van der Waals surface area contributed by atoms with Crippen molar-refractivity contribution in [2.45, 2.75) is 33.3 Å². The van der Waals surface area contributed by atoms with Crippen molar-refractivity contribution in [2.24, 2.45) is 0 Å². The standard InChI is InChI=1S/C20H21ClFNO6S/c1-4-28-20(25)15-6-8-18(17(22)10-15)23(30(26)27)19-11-16(21)7-5-14(19)9-12(2)29-13(3)24/h5-8,10-12H,4,9H2,1-3H3,(H,26,27)/p-1. The molecule has 10 heteroatoms. The summed E-state index contributed by atoms with van der Waals surface area (Å²) in [6.45, 7) is 4.64. The highest BCUT2D eigenvalue weighted by Crippen LogP contribution is 2.35. The van der Waals surface area contributed by atoms with E-state index in [2.05, 4.69) is 0 Å². The van der Waals surface area contributed by atoms with Gasteiger partial charge in [0.1, 0.15) is 11.9 Å². The number of hydrogen-bond donors (Lipinski definition) is 0. The zero-order chi connectivity index (χ0) is 22.4. The third-order valence-corrected chi connectivity index (χ3v) is 4.89. The van der Waals surface area contributed by atoms with Crippen molar-refractivity contribution < 1.29 is 32.2 Å². The maximum Gasteiger partial charge on any atom is 0.338 e. The van der Waals surface area contributed by atoms with Crippen LogP contribution >= 0.6 is 11.6 Å². The summed E-state index contributed by atoms with van der Waals surface area (Å²) in [5.74, 6) is -2.15. The highest BCUT2D eigenvalue weighted by molar-refractivity contribution is 7.81. The van der Waals surface area contributed by atoms with E-state index < -0.39 is 35.1 Å². The zero-order valence-corrected chi connectivity index (χ0v) is 18.1. The van der Waals surface area contributed by atoms with Crippen LogP contribution in [0.3, 0.4) is 0 Å². The van der Waals surface area contributed by atoms with Crippen LogP contribution in [0.1, 0.15) is 36.7 Å². The average molecular weight is 457 g/mol. The molecule has 0 N–H and O–H groups in total. The second kappa shape index (κ2) is 10.5. The summed E-state index contributed by atoms with van der Waals surface area (Å²) in [4.78, 5) is 23.0. The summed E-state index contributed by atoms with van der Waals surface area (Å²) in [5, 5.41) is 0.230. The predicted molar refractivity (Wildman–Crippen MR) is 110 cm³/mol. The molecule has 0 heterocycles. The van der Waals surface area contributed by atoms with Crippen molar-refractivity contribution in [2.75, 3.05) is 10.9 Å². The number of carbonyl (C=O) groups excluding carboxylic acids is 2. The van der Waals surface area contributed by atoms with E-state index in [1.807, 2.05) is 0 Å². The van der Waals surface area contributed by atoms with E-state index in [1.54, 1.807) is 26.0 Å². The minimum absolute atomic E-state index is 0.0514. The molecule has 7 nitrogen and oxygen atoms in total. The Balaban J connectivity index is 2.51. The Bertz CT molecular complexity index is 970. The van der Waals surface area contributed by atoms with Gasteiger partial charge in [-0.1, -0.05) is 17.7 Å². The number of anilines is 2. The van der Waals surface area contributed by atoms with Crippen LogP contribution in [0.4, 0.5) is 15.8 Å². The van der Waals surface area contributed by atoms with Crippen molar-refractivity contribution in [3.05, 3.63) is 58.4 Å². The first-order valence-corrected chi connectivity index (χ1v) is 10.4. The van der Waals surface area contributed by atoms with Gasteiger partial charge in [0.15, 0.2) is 0 Å². The lowest BCUT2D eigenvalue weighted by molar-refractivity contribution is -0.145. The highest BCUT2D eigenvalue weighted by Gasteiger charge is 2.22. The number of benzene rings is 2. The van der Waals surface area contributed by atoms with Gasteiger partial charge in [-0.15, -0.1) is 0 Å². The monoisotopic (exact) mass is 456 g/mol. The van der Waals surface area contributed by atoms with Gasteiger partial charge in [0, 0.05) is 18.4 Å². The summed E-state index contributed by atoms with van der Waals surface area (Å²) in [6.07, 6.45) is -0.386. The van der Waals surface area contributed by atoms with Crippen LogP contribution in [0.2, 0.25) is 5.02 Å². The predicted octanol–water partition coefficient (Wildman–Crippen LogP) is 4.08. The van der Waals surface area contributed by atoms with E-state index in [0.717, 1.165) is 16.4 Å². The van der Waals surface area contributed by atoms with Gasteiger partial charge >= 0.3 is 11.9 Å². The number of ether oxygens (including phenoxy) is 2. The summed E-state index contributed by atoms with van der Waals surface area (Å²) in [5.41, 5.74) is 0.202. The van der Waals surface area contributed by atoms with Gasteiger partial charge in [-0.3, -0.25) is 13.3 Å². The summed E-state index contributed by atoms with van der Waals surface area (Å²) in [7, 11) is 0. The summed E-state index contributed by atoms with van der Waals surface area (Å²) < 4.78 is 49.5. The SMILES string of the molecule is CCOC(=O)c1ccc(N(c2cc(Cl)ccc2CC(C)OC(C)=O)S(=O)[O-])c(F)c1. The lowest BCUT2D eigenvalue weighted by Gasteiger charge is -2.29. The van der Waals surface area contributed by atoms with E-state index >= 15 is 0 Å². The highest BCUT2D eigenvalue weighted by atomic mass is 35.5. The Labute approximate surface area is 181 Å². The van der Waals surface area contributed by atoms with Gasteiger partial charge in [-0.05, 0) is 49.7 Å². The van der Waals surface area contributed by atoms with Crippen LogP contribution in [-0.4, -0.2) is 33.4 Å². The zero-order valence-electron chi connectivity index (χ0n) is 16.5. The molecule has 0 fully saturated rings. The van der Waals surface area contributed by atoms with Crippen LogP contribution in [0.15, 0.2) is 36.4 Å². The molecule has 0 spiro atoms. The second-order valence-corrected chi connectivity index (χ2v) is 7.53. The van der Waals surface area contributed by atoms with E-state index in [-0.39, 0.29) is 35.0 Å². The molecule has 0 saturated carbocycles. The fraction of sp³-hybridized carbons (Fsp3) is 0.300. The lowest BCUT2D eigenvalue weighted by atomic mass is 10.1. The minimum Gasteiger partial charge on any atom is -0.755 e. The first-order valence-electron chi connectivity index (χ1n) is 8.95. The van der Waals surface area contributed by atoms with E-state index in [9.17, 15) is 22.7 Å². The maximum absolute atomic E-state index is 14.8. The molecule has 0 aliphatic carbocycles. The Morgan fingerprint density at radius 2 is 1.93 bits per heavy atom. The van der Waals surface area contributed by atoms with Gasteiger partial charge in [0.2, 0.25) is 0 Å². The van der Waals surface area contributed by atoms with Gasteiger partial charge in [-0.2, -0.15) is 0 Å². The van der Waals surface area contributed by atoms with Crippen molar-refractivity contribution >= 4 is 46.2 Å².